The van der Waals surface area contributed by atoms with Crippen LogP contribution in [0.5, 0.6) is 0 Å². The van der Waals surface area contributed by atoms with Gasteiger partial charge in [0.15, 0.2) is 0 Å². The van der Waals surface area contributed by atoms with E-state index in [1.165, 1.54) is 0 Å². The number of thiophene rings is 1. The highest BCUT2D eigenvalue weighted by atomic mass is 35.5. The average Bonchev–Trinajstić information content (AvgIpc) is 2.88. The van der Waals surface area contributed by atoms with Crippen molar-refractivity contribution in [2.24, 2.45) is 5.92 Å². The molecular weight excluding hydrogens is 313 g/mol. The van der Waals surface area contributed by atoms with E-state index in [1.54, 1.807) is 29.5 Å². The topological polar surface area (TPSA) is 29.1 Å². The number of carbonyl (C=O) groups excluding carboxylic acids is 1. The number of rotatable bonds is 4. The average molecular weight is 328 g/mol. The van der Waals surface area contributed by atoms with Gasteiger partial charge < -0.3 is 5.32 Å². The van der Waals surface area contributed by atoms with Crippen LogP contribution in [-0.2, 0) is 0 Å². The number of amides is 1. The molecule has 0 aliphatic heterocycles. The first-order valence-corrected chi connectivity index (χ1v) is 7.92. The first kappa shape index (κ1) is 15.4. The second-order valence-electron chi connectivity index (χ2n) is 4.83. The minimum Gasteiger partial charge on any atom is -0.344 e. The van der Waals surface area contributed by atoms with E-state index in [0.717, 1.165) is 4.88 Å². The third-order valence-corrected chi connectivity index (χ3v) is 4.48. The first-order chi connectivity index (χ1) is 9.49. The van der Waals surface area contributed by atoms with E-state index in [2.05, 4.69) is 19.2 Å². The van der Waals surface area contributed by atoms with Gasteiger partial charge in [-0.15, -0.1) is 11.3 Å². The summed E-state index contributed by atoms with van der Waals surface area (Å²) in [6.07, 6.45) is 0. The molecule has 0 aliphatic carbocycles. The zero-order valence-corrected chi connectivity index (χ0v) is 13.5. The highest BCUT2D eigenvalue weighted by Gasteiger charge is 2.21. The Balaban J connectivity index is 2.21. The molecule has 0 saturated heterocycles. The Morgan fingerprint density at radius 3 is 2.55 bits per heavy atom. The zero-order valence-electron chi connectivity index (χ0n) is 11.2. The molecule has 1 aromatic heterocycles. The van der Waals surface area contributed by atoms with Crippen LogP contribution >= 0.6 is 34.5 Å². The Morgan fingerprint density at radius 1 is 1.25 bits per heavy atom. The summed E-state index contributed by atoms with van der Waals surface area (Å²) in [7, 11) is 0. The fraction of sp³-hybridized carbons (Fsp3) is 0.267. The van der Waals surface area contributed by atoms with Crippen LogP contribution in [-0.4, -0.2) is 5.91 Å². The Hall–Kier alpha value is -1.03. The Bertz CT molecular complexity index is 596. The van der Waals surface area contributed by atoms with Crippen molar-refractivity contribution in [3.63, 3.8) is 0 Å². The molecule has 1 aromatic carbocycles. The van der Waals surface area contributed by atoms with Gasteiger partial charge in [0.25, 0.3) is 5.91 Å². The lowest BCUT2D eigenvalue weighted by molar-refractivity contribution is 0.0926. The molecule has 0 unspecified atom stereocenters. The highest BCUT2D eigenvalue weighted by molar-refractivity contribution is 7.10. The summed E-state index contributed by atoms with van der Waals surface area (Å²) in [5, 5.41) is 5.93. The van der Waals surface area contributed by atoms with Gasteiger partial charge in [0.1, 0.15) is 0 Å². The van der Waals surface area contributed by atoms with Crippen molar-refractivity contribution in [1.29, 1.82) is 0 Å². The van der Waals surface area contributed by atoms with Crippen LogP contribution in [0.2, 0.25) is 10.0 Å². The van der Waals surface area contributed by atoms with E-state index < -0.39 is 0 Å². The van der Waals surface area contributed by atoms with Crippen LogP contribution in [0.3, 0.4) is 0 Å². The second kappa shape index (κ2) is 6.61. The molecule has 0 aliphatic rings. The van der Waals surface area contributed by atoms with E-state index in [9.17, 15) is 4.79 Å². The molecule has 0 saturated carbocycles. The second-order valence-corrected chi connectivity index (χ2v) is 6.66. The Labute approximate surface area is 132 Å². The van der Waals surface area contributed by atoms with Gasteiger partial charge in [0, 0.05) is 9.90 Å². The SMILES string of the molecule is CC(C)[C@@H](NC(=O)c1ccc(Cl)cc1Cl)c1cccs1. The van der Waals surface area contributed by atoms with Gasteiger partial charge in [-0.1, -0.05) is 43.1 Å². The summed E-state index contributed by atoms with van der Waals surface area (Å²) < 4.78 is 0. The van der Waals surface area contributed by atoms with Gasteiger partial charge >= 0.3 is 0 Å². The van der Waals surface area contributed by atoms with E-state index in [0.29, 0.717) is 21.5 Å². The fourth-order valence-corrected chi connectivity index (χ4v) is 3.37. The van der Waals surface area contributed by atoms with Crippen molar-refractivity contribution in [1.82, 2.24) is 5.32 Å². The van der Waals surface area contributed by atoms with Crippen LogP contribution in [0.15, 0.2) is 35.7 Å². The molecular formula is C15H15Cl2NOS. The molecule has 20 heavy (non-hydrogen) atoms. The molecule has 1 amide bonds. The molecule has 106 valence electrons. The predicted octanol–water partition coefficient (Wildman–Crippen LogP) is 5.18. The minimum absolute atomic E-state index is 0.0192. The summed E-state index contributed by atoms with van der Waals surface area (Å²) in [6.45, 7) is 4.16. The van der Waals surface area contributed by atoms with E-state index in [1.807, 2.05) is 17.5 Å². The number of carbonyl (C=O) groups is 1. The van der Waals surface area contributed by atoms with E-state index in [4.69, 9.17) is 23.2 Å². The third-order valence-electron chi connectivity index (χ3n) is 2.98. The number of halogens is 2. The lowest BCUT2D eigenvalue weighted by atomic mass is 10.0. The molecule has 0 spiro atoms. The van der Waals surface area contributed by atoms with Crippen LogP contribution in [0.4, 0.5) is 0 Å². The van der Waals surface area contributed by atoms with Crippen LogP contribution in [0.25, 0.3) is 0 Å². The Kier molecular flexibility index (Phi) is 5.08. The molecule has 0 fully saturated rings. The van der Waals surface area contributed by atoms with Gasteiger partial charge in [-0.05, 0) is 35.6 Å². The van der Waals surface area contributed by atoms with Crippen molar-refractivity contribution in [3.8, 4) is 0 Å². The number of benzene rings is 1. The zero-order chi connectivity index (χ0) is 14.7. The summed E-state index contributed by atoms with van der Waals surface area (Å²) >= 11 is 13.5. The summed E-state index contributed by atoms with van der Waals surface area (Å²) in [5.41, 5.74) is 0.443. The number of hydrogen-bond acceptors (Lipinski definition) is 2. The van der Waals surface area contributed by atoms with Crippen LogP contribution < -0.4 is 5.32 Å². The molecule has 5 heteroatoms. The Morgan fingerprint density at radius 2 is 2.00 bits per heavy atom. The lowest BCUT2D eigenvalue weighted by Crippen LogP contribution is -2.31. The minimum atomic E-state index is -0.182. The quantitative estimate of drug-likeness (QED) is 0.823. The molecule has 1 atom stereocenters. The van der Waals surface area contributed by atoms with E-state index in [-0.39, 0.29) is 11.9 Å². The monoisotopic (exact) mass is 327 g/mol. The highest BCUT2D eigenvalue weighted by Crippen LogP contribution is 2.27. The first-order valence-electron chi connectivity index (χ1n) is 6.28. The maximum atomic E-state index is 12.4. The standard InChI is InChI=1S/C15H15Cl2NOS/c1-9(2)14(13-4-3-7-20-13)18-15(19)11-6-5-10(16)8-12(11)17/h3-9,14H,1-2H3,(H,18,19)/t14-/m1/s1. The third kappa shape index (κ3) is 3.54. The van der Waals surface area contributed by atoms with Gasteiger partial charge in [-0.25, -0.2) is 0 Å². The molecule has 1 heterocycles. The smallest absolute Gasteiger partial charge is 0.253 e. The maximum Gasteiger partial charge on any atom is 0.253 e. The molecule has 0 bridgehead atoms. The molecule has 2 aromatic rings. The maximum absolute atomic E-state index is 12.4. The van der Waals surface area contributed by atoms with Crippen molar-refractivity contribution in [2.75, 3.05) is 0 Å². The molecule has 2 nitrogen and oxygen atoms in total. The van der Waals surface area contributed by atoms with Crippen LogP contribution in [0, 0.1) is 5.92 Å². The largest absolute Gasteiger partial charge is 0.344 e. The summed E-state index contributed by atoms with van der Waals surface area (Å²) in [5.74, 6) is 0.113. The van der Waals surface area contributed by atoms with Crippen molar-refractivity contribution in [2.45, 2.75) is 19.9 Å². The van der Waals surface area contributed by atoms with Crippen molar-refractivity contribution >= 4 is 40.4 Å². The van der Waals surface area contributed by atoms with Crippen LogP contribution in [0.1, 0.15) is 35.1 Å². The van der Waals surface area contributed by atoms with Gasteiger partial charge in [0.05, 0.1) is 16.6 Å². The predicted molar refractivity (Wildman–Crippen MR) is 85.8 cm³/mol. The molecule has 1 N–H and O–H groups in total. The van der Waals surface area contributed by atoms with Gasteiger partial charge in [0.2, 0.25) is 0 Å². The number of hydrogen-bond donors (Lipinski definition) is 1. The summed E-state index contributed by atoms with van der Waals surface area (Å²) in [4.78, 5) is 13.5. The van der Waals surface area contributed by atoms with Gasteiger partial charge in [-0.2, -0.15) is 0 Å². The fourth-order valence-electron chi connectivity index (χ4n) is 1.93. The van der Waals surface area contributed by atoms with Crippen molar-refractivity contribution in [3.05, 3.63) is 56.2 Å². The van der Waals surface area contributed by atoms with Crippen molar-refractivity contribution < 1.29 is 4.79 Å². The lowest BCUT2D eigenvalue weighted by Gasteiger charge is -2.21. The number of nitrogens with one attached hydrogen (secondary N) is 1. The van der Waals surface area contributed by atoms with E-state index >= 15 is 0 Å². The normalized spacial score (nSPS) is 12.4. The summed E-state index contributed by atoms with van der Waals surface area (Å²) in [6, 6.07) is 8.88. The van der Waals surface area contributed by atoms with Gasteiger partial charge in [-0.3, -0.25) is 4.79 Å². The molecule has 0 radical (unpaired) electrons. The molecule has 2 rings (SSSR count).